The van der Waals surface area contributed by atoms with Crippen LogP contribution in [0.15, 0.2) is 42.5 Å². The van der Waals surface area contributed by atoms with Crippen LogP contribution in [0, 0.1) is 0 Å². The lowest BCUT2D eigenvalue weighted by Crippen LogP contribution is -2.58. The summed E-state index contributed by atoms with van der Waals surface area (Å²) in [6, 6.07) is 11.3. The fourth-order valence-corrected chi connectivity index (χ4v) is 4.23. The number of carbonyl (C=O) groups excluding carboxylic acids is 2. The van der Waals surface area contributed by atoms with Crippen LogP contribution in [0.1, 0.15) is 25.5 Å². The molecule has 0 spiro atoms. The molecule has 2 unspecified atom stereocenters. The van der Waals surface area contributed by atoms with Gasteiger partial charge in [-0.2, -0.15) is 0 Å². The van der Waals surface area contributed by atoms with Crippen molar-refractivity contribution < 1.29 is 57.7 Å². The summed E-state index contributed by atoms with van der Waals surface area (Å²) in [5.41, 5.74) is 0.435. The summed E-state index contributed by atoms with van der Waals surface area (Å²) < 4.78 is 45.3. The molecule has 3 rings (SSSR count). The lowest BCUT2D eigenvalue weighted by atomic mass is 10.0. The highest BCUT2D eigenvalue weighted by molar-refractivity contribution is 5.67. The molecule has 1 fully saturated rings. The van der Waals surface area contributed by atoms with E-state index in [0.717, 1.165) is 0 Å². The Labute approximate surface area is 226 Å². The van der Waals surface area contributed by atoms with Gasteiger partial charge < -0.3 is 48.1 Å². The number of phenols is 1. The molecule has 2 N–H and O–H groups in total. The van der Waals surface area contributed by atoms with Gasteiger partial charge in [-0.25, -0.2) is 0 Å². The van der Waals surface area contributed by atoms with Gasteiger partial charge in [0.25, 0.3) is 0 Å². The number of hydrogen-bond donors (Lipinski definition) is 2. The Morgan fingerprint density at radius 2 is 1.62 bits per heavy atom. The molecule has 0 saturated carbocycles. The maximum atomic E-state index is 12.0. The Morgan fingerprint density at radius 1 is 0.949 bits per heavy atom. The van der Waals surface area contributed by atoms with Crippen LogP contribution in [-0.2, 0) is 33.3 Å². The molecular formula is C27H34O12. The second-order valence-electron chi connectivity index (χ2n) is 8.60. The predicted octanol–water partition coefficient (Wildman–Crippen LogP) is 2.14. The predicted molar refractivity (Wildman–Crippen MR) is 135 cm³/mol. The SMILES string of the molecule is COc1cc(C(O[C@H]2[C@H](OC)OC[C@@H](OC(C)=O)[C@@H]2OC(C)=O)C(CO)Oc2ccccc2OC)ccc1O. The molecule has 214 valence electrons. The average Bonchev–Trinajstić information content (AvgIpc) is 2.92. The first-order chi connectivity index (χ1) is 18.7. The third kappa shape index (κ3) is 7.51. The summed E-state index contributed by atoms with van der Waals surface area (Å²) in [6.45, 7) is 1.79. The highest BCUT2D eigenvalue weighted by Crippen LogP contribution is 2.37. The number of carbonyl (C=O) groups is 2. The third-order valence-corrected chi connectivity index (χ3v) is 5.94. The normalized spacial score (nSPS) is 22.3. The molecule has 0 aromatic heterocycles. The van der Waals surface area contributed by atoms with Gasteiger partial charge in [0.2, 0.25) is 0 Å². The van der Waals surface area contributed by atoms with E-state index in [4.69, 9.17) is 37.9 Å². The first kappa shape index (κ1) is 30.0. The van der Waals surface area contributed by atoms with Crippen molar-refractivity contribution in [3.8, 4) is 23.0 Å². The quantitative estimate of drug-likeness (QED) is 0.373. The van der Waals surface area contributed by atoms with Crippen molar-refractivity contribution in [1.29, 1.82) is 0 Å². The van der Waals surface area contributed by atoms with Gasteiger partial charge in [0.05, 0.1) is 27.4 Å². The van der Waals surface area contributed by atoms with Crippen LogP contribution in [0.3, 0.4) is 0 Å². The van der Waals surface area contributed by atoms with Gasteiger partial charge in [0.1, 0.15) is 12.2 Å². The van der Waals surface area contributed by atoms with Crippen LogP contribution in [0.25, 0.3) is 0 Å². The second-order valence-corrected chi connectivity index (χ2v) is 8.60. The van der Waals surface area contributed by atoms with Crippen LogP contribution in [-0.4, -0.2) is 87.4 Å². The number of ether oxygens (including phenoxy) is 8. The number of benzene rings is 2. The maximum Gasteiger partial charge on any atom is 0.303 e. The topological polar surface area (TPSA) is 148 Å². The fourth-order valence-electron chi connectivity index (χ4n) is 4.23. The summed E-state index contributed by atoms with van der Waals surface area (Å²) in [6.07, 6.45) is -6.45. The van der Waals surface area contributed by atoms with Gasteiger partial charge in [-0.1, -0.05) is 18.2 Å². The van der Waals surface area contributed by atoms with Crippen molar-refractivity contribution in [3.63, 3.8) is 0 Å². The van der Waals surface area contributed by atoms with Crippen molar-refractivity contribution in [2.24, 2.45) is 0 Å². The molecule has 6 atom stereocenters. The summed E-state index contributed by atoms with van der Waals surface area (Å²) in [4.78, 5) is 23.8. The fraction of sp³-hybridized carbons (Fsp3) is 0.481. The van der Waals surface area contributed by atoms with E-state index in [-0.39, 0.29) is 18.1 Å². The molecule has 39 heavy (non-hydrogen) atoms. The number of aliphatic hydroxyl groups is 1. The van der Waals surface area contributed by atoms with Crippen LogP contribution < -0.4 is 14.2 Å². The minimum Gasteiger partial charge on any atom is -0.504 e. The molecule has 2 aromatic rings. The standard InChI is InChI=1S/C27H34O12/c1-15(29)36-23-14-35-27(34-5)26(25(23)37-16(2)30)39-24(17-10-11-18(31)21(12-17)33-4)22(13-28)38-20-9-7-6-8-19(20)32-3/h6-12,22-28,31H,13-14H2,1-5H3/t22?,23-,24?,25+,26-,27-/m1/s1. The first-order valence-corrected chi connectivity index (χ1v) is 12.1. The molecular weight excluding hydrogens is 516 g/mol. The smallest absolute Gasteiger partial charge is 0.303 e. The number of methoxy groups -OCH3 is 3. The summed E-state index contributed by atoms with van der Waals surface area (Å²) >= 11 is 0. The van der Waals surface area contributed by atoms with Gasteiger partial charge in [-0.05, 0) is 29.8 Å². The number of esters is 2. The average molecular weight is 551 g/mol. The molecule has 1 saturated heterocycles. The van der Waals surface area contributed by atoms with Gasteiger partial charge in [0.15, 0.2) is 47.6 Å². The first-order valence-electron chi connectivity index (χ1n) is 12.1. The molecule has 0 radical (unpaired) electrons. The van der Waals surface area contributed by atoms with Gasteiger partial charge >= 0.3 is 11.9 Å². The Hall–Kier alpha value is -3.58. The second kappa shape index (κ2) is 14.0. The number of para-hydroxylation sites is 2. The van der Waals surface area contributed by atoms with Gasteiger partial charge in [0, 0.05) is 21.0 Å². The Balaban J connectivity index is 2.07. The van der Waals surface area contributed by atoms with E-state index in [1.54, 1.807) is 30.3 Å². The monoisotopic (exact) mass is 550 g/mol. The molecule has 2 aromatic carbocycles. The van der Waals surface area contributed by atoms with Crippen molar-refractivity contribution in [3.05, 3.63) is 48.0 Å². The molecule has 12 nitrogen and oxygen atoms in total. The molecule has 1 heterocycles. The van der Waals surface area contributed by atoms with Crippen molar-refractivity contribution in [1.82, 2.24) is 0 Å². The van der Waals surface area contributed by atoms with Crippen molar-refractivity contribution >= 4 is 11.9 Å². The highest BCUT2D eigenvalue weighted by atomic mass is 16.7. The Morgan fingerprint density at radius 3 is 2.21 bits per heavy atom. The zero-order valence-corrected chi connectivity index (χ0v) is 22.4. The van der Waals surface area contributed by atoms with E-state index in [1.807, 2.05) is 0 Å². The van der Waals surface area contributed by atoms with Crippen LogP contribution >= 0.6 is 0 Å². The van der Waals surface area contributed by atoms with Crippen LogP contribution in [0.4, 0.5) is 0 Å². The van der Waals surface area contributed by atoms with Crippen LogP contribution in [0.5, 0.6) is 23.0 Å². The summed E-state index contributed by atoms with van der Waals surface area (Å²) in [5.74, 6) is -0.475. The van der Waals surface area contributed by atoms with E-state index >= 15 is 0 Å². The van der Waals surface area contributed by atoms with E-state index in [0.29, 0.717) is 17.1 Å². The molecule has 1 aliphatic rings. The molecule has 0 amide bonds. The van der Waals surface area contributed by atoms with E-state index in [1.165, 1.54) is 47.3 Å². The molecule has 1 aliphatic heterocycles. The minimum atomic E-state index is -1.14. The zero-order chi connectivity index (χ0) is 28.5. The maximum absolute atomic E-state index is 12.0. The largest absolute Gasteiger partial charge is 0.504 e. The van der Waals surface area contributed by atoms with E-state index < -0.39 is 55.4 Å². The minimum absolute atomic E-state index is 0.116. The Kier molecular flexibility index (Phi) is 10.8. The lowest BCUT2D eigenvalue weighted by molar-refractivity contribution is -0.293. The van der Waals surface area contributed by atoms with Crippen molar-refractivity contribution in [2.45, 2.75) is 50.7 Å². The third-order valence-electron chi connectivity index (χ3n) is 5.94. The van der Waals surface area contributed by atoms with E-state index in [2.05, 4.69) is 0 Å². The van der Waals surface area contributed by atoms with Gasteiger partial charge in [-0.15, -0.1) is 0 Å². The number of phenolic OH excluding ortho intramolecular Hbond substituents is 1. The Bertz CT molecular complexity index is 1110. The molecule has 0 bridgehead atoms. The highest BCUT2D eigenvalue weighted by Gasteiger charge is 2.48. The molecule has 12 heteroatoms. The number of hydrogen-bond acceptors (Lipinski definition) is 12. The van der Waals surface area contributed by atoms with E-state index in [9.17, 15) is 19.8 Å². The zero-order valence-electron chi connectivity index (χ0n) is 22.4. The summed E-state index contributed by atoms with van der Waals surface area (Å²) in [5, 5.41) is 20.6. The number of rotatable bonds is 12. The number of aromatic hydroxyl groups is 1. The lowest BCUT2D eigenvalue weighted by Gasteiger charge is -2.42. The van der Waals surface area contributed by atoms with Crippen LogP contribution in [0.2, 0.25) is 0 Å². The molecule has 0 aliphatic carbocycles. The van der Waals surface area contributed by atoms with Crippen molar-refractivity contribution in [2.75, 3.05) is 34.5 Å². The van der Waals surface area contributed by atoms with Gasteiger partial charge in [-0.3, -0.25) is 9.59 Å². The summed E-state index contributed by atoms with van der Waals surface area (Å²) in [7, 11) is 4.25. The number of aliphatic hydroxyl groups excluding tert-OH is 1.